The van der Waals surface area contributed by atoms with Gasteiger partial charge in [0.2, 0.25) is 0 Å². The normalized spacial score (nSPS) is 19.5. The van der Waals surface area contributed by atoms with Gasteiger partial charge in [0, 0.05) is 47.0 Å². The van der Waals surface area contributed by atoms with E-state index in [1.807, 2.05) is 10.7 Å². The molecular formula is C28H51IN4O2Si2. The van der Waals surface area contributed by atoms with E-state index >= 15 is 0 Å². The maximum absolute atomic E-state index is 6.24. The molecule has 0 radical (unpaired) electrons. The highest BCUT2D eigenvalue weighted by Gasteiger charge is 2.31. The van der Waals surface area contributed by atoms with Gasteiger partial charge in [0.15, 0.2) is 5.65 Å². The number of fused-ring (bicyclic) bond motifs is 1. The maximum atomic E-state index is 6.24. The molecule has 0 amide bonds. The summed E-state index contributed by atoms with van der Waals surface area (Å²) in [5, 5.41) is 4.71. The van der Waals surface area contributed by atoms with E-state index in [0.717, 1.165) is 46.3 Å². The molecule has 2 aromatic rings. The molecule has 3 rings (SSSR count). The highest BCUT2D eigenvalue weighted by atomic mass is 127. The first-order valence-corrected chi connectivity index (χ1v) is 22.6. The van der Waals surface area contributed by atoms with Gasteiger partial charge in [0.1, 0.15) is 19.3 Å². The predicted octanol–water partition coefficient (Wildman–Crippen LogP) is 8.08. The van der Waals surface area contributed by atoms with Crippen molar-refractivity contribution in [3.63, 3.8) is 0 Å². The Morgan fingerprint density at radius 1 is 0.946 bits per heavy atom. The second kappa shape index (κ2) is 12.8. The molecule has 0 aliphatic heterocycles. The first-order chi connectivity index (χ1) is 17.1. The number of hydrogen-bond donors (Lipinski definition) is 0. The van der Waals surface area contributed by atoms with Gasteiger partial charge in [-0.05, 0) is 71.7 Å². The molecule has 1 fully saturated rings. The van der Waals surface area contributed by atoms with Gasteiger partial charge in [0.05, 0.1) is 9.77 Å². The van der Waals surface area contributed by atoms with Crippen LogP contribution in [-0.4, -0.2) is 57.4 Å². The predicted molar refractivity (Wildman–Crippen MR) is 170 cm³/mol. The summed E-state index contributed by atoms with van der Waals surface area (Å²) >= 11 is 2.36. The van der Waals surface area contributed by atoms with E-state index in [4.69, 9.17) is 19.6 Å². The Kier molecular flexibility index (Phi) is 10.7. The van der Waals surface area contributed by atoms with Gasteiger partial charge < -0.3 is 14.4 Å². The number of ether oxygens (including phenoxy) is 2. The SMILES string of the molecule is CC(C)(C)[C@H]1CC[C@H](c2cc(N(COCC[Si](C)(C)C)COCC[Si](C)(C)C)n3ncc(I)c3n2)CC1. The van der Waals surface area contributed by atoms with Gasteiger partial charge in [-0.15, -0.1) is 0 Å². The van der Waals surface area contributed by atoms with Crippen molar-refractivity contribution in [2.45, 2.75) is 104 Å². The summed E-state index contributed by atoms with van der Waals surface area (Å²) < 4.78 is 15.6. The molecule has 0 N–H and O–H groups in total. The number of rotatable bonds is 12. The molecule has 0 bridgehead atoms. The van der Waals surface area contributed by atoms with Crippen LogP contribution < -0.4 is 4.90 Å². The van der Waals surface area contributed by atoms with Gasteiger partial charge in [-0.3, -0.25) is 0 Å². The lowest BCUT2D eigenvalue weighted by Crippen LogP contribution is -2.33. The Labute approximate surface area is 241 Å². The fraction of sp³-hybridized carbons (Fsp3) is 0.786. The van der Waals surface area contributed by atoms with Crippen LogP contribution in [0.3, 0.4) is 0 Å². The Bertz CT molecular complexity index is 980. The Hall–Kier alpha value is -0.496. The third-order valence-corrected chi connectivity index (χ3v) is 11.8. The summed E-state index contributed by atoms with van der Waals surface area (Å²) in [4.78, 5) is 7.36. The third-order valence-electron chi connectivity index (χ3n) is 7.61. The topological polar surface area (TPSA) is 51.9 Å². The van der Waals surface area contributed by atoms with Crippen LogP contribution in [0.5, 0.6) is 0 Å². The van der Waals surface area contributed by atoms with Crippen molar-refractivity contribution in [2.75, 3.05) is 31.6 Å². The zero-order chi connectivity index (χ0) is 27.4. The molecule has 1 aliphatic carbocycles. The maximum Gasteiger partial charge on any atom is 0.171 e. The van der Waals surface area contributed by atoms with Crippen LogP contribution in [0.1, 0.15) is 58.1 Å². The van der Waals surface area contributed by atoms with Crippen molar-refractivity contribution in [1.29, 1.82) is 0 Å². The minimum Gasteiger partial charge on any atom is -0.361 e. The molecular weight excluding hydrogens is 607 g/mol. The second-order valence-corrected chi connectivity index (χ2v) is 26.8. The van der Waals surface area contributed by atoms with E-state index in [0.29, 0.717) is 24.8 Å². The van der Waals surface area contributed by atoms with Gasteiger partial charge in [-0.2, -0.15) is 9.61 Å². The molecule has 0 aromatic carbocycles. The standard InChI is InChI=1S/C28H51IN4O2Si2/c1-28(2,3)23-12-10-22(11-13-23)25-18-26(33-27(31-25)24(29)19-30-33)32(20-34-14-16-36(4,5)6)21-35-15-17-37(7,8)9/h18-19,22-23H,10-17,20-21H2,1-9H3/t22-,23-. The molecule has 210 valence electrons. The number of anilines is 1. The first kappa shape index (κ1) is 31.0. The lowest BCUT2D eigenvalue weighted by Gasteiger charge is -2.37. The van der Waals surface area contributed by atoms with Crippen molar-refractivity contribution in [1.82, 2.24) is 14.6 Å². The average Bonchev–Trinajstić information content (AvgIpc) is 3.16. The lowest BCUT2D eigenvalue weighted by molar-refractivity contribution is 0.0942. The lowest BCUT2D eigenvalue weighted by atomic mass is 9.69. The number of hydrogen-bond acceptors (Lipinski definition) is 5. The molecule has 0 unspecified atom stereocenters. The number of halogens is 1. The molecule has 2 heterocycles. The van der Waals surface area contributed by atoms with Crippen LogP contribution in [0.2, 0.25) is 51.4 Å². The van der Waals surface area contributed by atoms with Crippen molar-refractivity contribution in [3.8, 4) is 0 Å². The highest BCUT2D eigenvalue weighted by molar-refractivity contribution is 14.1. The summed E-state index contributed by atoms with van der Waals surface area (Å²) in [5.74, 6) is 2.32. The van der Waals surface area contributed by atoms with E-state index in [-0.39, 0.29) is 0 Å². The minimum absolute atomic E-state index is 0.381. The van der Waals surface area contributed by atoms with E-state index in [1.54, 1.807) is 0 Å². The largest absolute Gasteiger partial charge is 0.361 e. The zero-order valence-corrected chi connectivity index (χ0v) is 29.0. The van der Waals surface area contributed by atoms with Crippen molar-refractivity contribution in [2.24, 2.45) is 11.3 Å². The monoisotopic (exact) mass is 658 g/mol. The summed E-state index contributed by atoms with van der Waals surface area (Å²) in [7, 11) is -2.30. The van der Waals surface area contributed by atoms with Crippen LogP contribution >= 0.6 is 22.6 Å². The van der Waals surface area contributed by atoms with Crippen molar-refractivity contribution in [3.05, 3.63) is 21.5 Å². The van der Waals surface area contributed by atoms with Crippen molar-refractivity contribution < 1.29 is 9.47 Å². The molecule has 9 heteroatoms. The van der Waals surface area contributed by atoms with Crippen LogP contribution in [0.15, 0.2) is 12.3 Å². The Balaban J connectivity index is 1.84. The van der Waals surface area contributed by atoms with Crippen LogP contribution in [-0.2, 0) is 9.47 Å². The Morgan fingerprint density at radius 2 is 1.49 bits per heavy atom. The quantitative estimate of drug-likeness (QED) is 0.0999. The van der Waals surface area contributed by atoms with E-state index < -0.39 is 16.1 Å². The van der Waals surface area contributed by atoms with Crippen LogP contribution in [0.4, 0.5) is 5.82 Å². The first-order valence-electron chi connectivity index (χ1n) is 14.1. The molecule has 1 aliphatic rings. The summed E-state index contributed by atoms with van der Waals surface area (Å²) in [6.07, 6.45) is 6.87. The summed E-state index contributed by atoms with van der Waals surface area (Å²) in [5.41, 5.74) is 2.52. The fourth-order valence-corrected chi connectivity index (χ4v) is 6.89. The molecule has 37 heavy (non-hydrogen) atoms. The fourth-order valence-electron chi connectivity index (χ4n) is 4.90. The third kappa shape index (κ3) is 9.58. The molecule has 0 spiro atoms. The molecule has 0 saturated heterocycles. The number of nitrogens with zero attached hydrogens (tertiary/aromatic N) is 4. The molecule has 1 saturated carbocycles. The van der Waals surface area contributed by atoms with E-state index in [1.165, 1.54) is 31.4 Å². The van der Waals surface area contributed by atoms with Crippen LogP contribution in [0.25, 0.3) is 5.65 Å². The average molecular weight is 659 g/mol. The highest BCUT2D eigenvalue weighted by Crippen LogP contribution is 2.43. The Morgan fingerprint density at radius 3 is 1.97 bits per heavy atom. The van der Waals surface area contributed by atoms with E-state index in [9.17, 15) is 0 Å². The van der Waals surface area contributed by atoms with Crippen LogP contribution in [0, 0.1) is 14.9 Å². The van der Waals surface area contributed by atoms with Gasteiger partial charge in [-0.25, -0.2) is 4.98 Å². The second-order valence-electron chi connectivity index (χ2n) is 14.4. The number of aromatic nitrogens is 3. The molecule has 0 atom stereocenters. The summed E-state index contributed by atoms with van der Waals surface area (Å²) in [6, 6.07) is 4.58. The van der Waals surface area contributed by atoms with Gasteiger partial charge in [-0.1, -0.05) is 60.1 Å². The van der Waals surface area contributed by atoms with Gasteiger partial charge in [0.25, 0.3) is 0 Å². The zero-order valence-electron chi connectivity index (χ0n) is 24.9. The molecule has 2 aromatic heterocycles. The minimum atomic E-state index is -1.15. The van der Waals surface area contributed by atoms with E-state index in [2.05, 4.69) is 93.6 Å². The molecule has 6 nitrogen and oxygen atoms in total. The van der Waals surface area contributed by atoms with Crippen molar-refractivity contribution >= 4 is 50.2 Å². The van der Waals surface area contributed by atoms with Gasteiger partial charge >= 0.3 is 0 Å². The summed E-state index contributed by atoms with van der Waals surface area (Å²) in [6.45, 7) is 24.1. The smallest absolute Gasteiger partial charge is 0.171 e.